The van der Waals surface area contributed by atoms with Crippen LogP contribution in [0, 0.1) is 17.3 Å². The lowest BCUT2D eigenvalue weighted by molar-refractivity contribution is -0.0592. The second kappa shape index (κ2) is 2.52. The Balaban J connectivity index is 2.25. The normalized spacial score (nSPS) is 44.7. The molecule has 2 rings (SSSR count). The third-order valence-corrected chi connectivity index (χ3v) is 3.28. The van der Waals surface area contributed by atoms with Gasteiger partial charge in [0.2, 0.25) is 6.43 Å². The molecule has 2 aliphatic rings. The molecule has 0 aromatic carbocycles. The van der Waals surface area contributed by atoms with E-state index in [2.05, 4.69) is 0 Å². The topological polar surface area (TPSA) is 20.2 Å². The molecule has 0 radical (unpaired) electrons. The molecule has 0 saturated heterocycles. The summed E-state index contributed by atoms with van der Waals surface area (Å²) in [6.45, 7) is -0.379. The largest absolute Gasteiger partial charge is 0.396 e. The number of fused-ring (bicyclic) bond motifs is 2. The summed E-state index contributed by atoms with van der Waals surface area (Å²) in [5.41, 5.74) is -1.11. The first kappa shape index (κ1) is 8.17. The second-order valence-corrected chi connectivity index (χ2v) is 3.88. The van der Waals surface area contributed by atoms with Crippen LogP contribution < -0.4 is 0 Å². The van der Waals surface area contributed by atoms with Crippen molar-refractivity contribution in [3.63, 3.8) is 0 Å². The van der Waals surface area contributed by atoms with E-state index in [1.807, 2.05) is 12.2 Å². The molecule has 1 fully saturated rings. The monoisotopic (exact) mass is 174 g/mol. The first-order chi connectivity index (χ1) is 5.69. The minimum atomic E-state index is -2.39. The van der Waals surface area contributed by atoms with E-state index in [9.17, 15) is 8.78 Å². The molecule has 3 heteroatoms. The fourth-order valence-electron chi connectivity index (χ4n) is 2.49. The standard InChI is InChI=1S/C9H12F2O/c10-8(11)9(5-12)4-6-1-2-7(9)3-6/h1-2,6-8,12H,3-5H2. The molecule has 3 unspecified atom stereocenters. The molecule has 1 saturated carbocycles. The molecule has 1 nitrogen and oxygen atoms in total. The average molecular weight is 174 g/mol. The van der Waals surface area contributed by atoms with Gasteiger partial charge in [0, 0.05) is 0 Å². The maximum atomic E-state index is 12.7. The highest BCUT2D eigenvalue weighted by Crippen LogP contribution is 2.54. The maximum absolute atomic E-state index is 12.7. The van der Waals surface area contributed by atoms with E-state index in [-0.39, 0.29) is 18.4 Å². The quantitative estimate of drug-likeness (QED) is 0.633. The predicted molar refractivity (Wildman–Crippen MR) is 40.9 cm³/mol. The van der Waals surface area contributed by atoms with Crippen molar-refractivity contribution in [3.8, 4) is 0 Å². The zero-order valence-corrected chi connectivity index (χ0v) is 6.71. The van der Waals surface area contributed by atoms with Crippen molar-refractivity contribution in [2.75, 3.05) is 6.61 Å². The molecule has 12 heavy (non-hydrogen) atoms. The minimum absolute atomic E-state index is 0.0903. The Hall–Kier alpha value is -0.440. The molecule has 1 N–H and O–H groups in total. The van der Waals surface area contributed by atoms with Gasteiger partial charge >= 0.3 is 0 Å². The predicted octanol–water partition coefficient (Wildman–Crippen LogP) is 1.83. The van der Waals surface area contributed by atoms with Gasteiger partial charge in [0.25, 0.3) is 0 Å². The molecule has 2 bridgehead atoms. The summed E-state index contributed by atoms with van der Waals surface area (Å²) in [5, 5.41) is 9.00. The molecule has 0 aromatic rings. The lowest BCUT2D eigenvalue weighted by Gasteiger charge is -2.32. The number of aliphatic hydroxyl groups excluding tert-OH is 1. The van der Waals surface area contributed by atoms with Gasteiger partial charge in [0.05, 0.1) is 12.0 Å². The molecule has 0 heterocycles. The van der Waals surface area contributed by atoms with E-state index < -0.39 is 11.8 Å². The number of halogens is 2. The van der Waals surface area contributed by atoms with Gasteiger partial charge in [-0.1, -0.05) is 12.2 Å². The zero-order chi connectivity index (χ0) is 8.77. The minimum Gasteiger partial charge on any atom is -0.396 e. The SMILES string of the molecule is OCC1(C(F)F)CC2C=CC1C2. The van der Waals surface area contributed by atoms with Crippen LogP contribution in [0.5, 0.6) is 0 Å². The van der Waals surface area contributed by atoms with Crippen LogP contribution in [-0.2, 0) is 0 Å². The summed E-state index contributed by atoms with van der Waals surface area (Å²) in [6, 6.07) is 0. The summed E-state index contributed by atoms with van der Waals surface area (Å²) in [5.74, 6) is 0.198. The Morgan fingerprint density at radius 1 is 1.50 bits per heavy atom. The first-order valence-electron chi connectivity index (χ1n) is 4.26. The lowest BCUT2D eigenvalue weighted by Crippen LogP contribution is -2.37. The van der Waals surface area contributed by atoms with Crippen LogP contribution in [0.1, 0.15) is 12.8 Å². The van der Waals surface area contributed by atoms with Crippen LogP contribution in [0.3, 0.4) is 0 Å². The van der Waals surface area contributed by atoms with Gasteiger partial charge in [-0.25, -0.2) is 8.78 Å². The van der Waals surface area contributed by atoms with Crippen LogP contribution in [0.15, 0.2) is 12.2 Å². The maximum Gasteiger partial charge on any atom is 0.246 e. The Morgan fingerprint density at radius 3 is 2.50 bits per heavy atom. The Labute approximate surface area is 70.1 Å². The van der Waals surface area contributed by atoms with E-state index in [1.165, 1.54) is 0 Å². The van der Waals surface area contributed by atoms with Crippen molar-refractivity contribution in [2.45, 2.75) is 19.3 Å². The van der Waals surface area contributed by atoms with Crippen molar-refractivity contribution in [1.29, 1.82) is 0 Å². The summed E-state index contributed by atoms with van der Waals surface area (Å²) in [4.78, 5) is 0. The molecule has 3 atom stereocenters. The number of aliphatic hydroxyl groups is 1. The third kappa shape index (κ3) is 0.859. The van der Waals surface area contributed by atoms with Crippen LogP contribution in [0.4, 0.5) is 8.78 Å². The fraction of sp³-hybridized carbons (Fsp3) is 0.778. The number of hydrogen-bond acceptors (Lipinski definition) is 1. The van der Waals surface area contributed by atoms with Crippen LogP contribution >= 0.6 is 0 Å². The first-order valence-corrected chi connectivity index (χ1v) is 4.26. The summed E-state index contributed by atoms with van der Waals surface area (Å²) >= 11 is 0. The van der Waals surface area contributed by atoms with Crippen molar-refractivity contribution < 1.29 is 13.9 Å². The summed E-state index contributed by atoms with van der Waals surface area (Å²) in [7, 11) is 0. The van der Waals surface area contributed by atoms with E-state index in [0.29, 0.717) is 6.42 Å². The number of hydrogen-bond donors (Lipinski definition) is 1. The number of alkyl halides is 2. The van der Waals surface area contributed by atoms with Gasteiger partial charge < -0.3 is 5.11 Å². The molecule has 0 aliphatic heterocycles. The van der Waals surface area contributed by atoms with Crippen molar-refractivity contribution in [2.24, 2.45) is 17.3 Å². The van der Waals surface area contributed by atoms with Crippen LogP contribution in [0.25, 0.3) is 0 Å². The number of rotatable bonds is 2. The van der Waals surface area contributed by atoms with Gasteiger partial charge in [0.1, 0.15) is 0 Å². The van der Waals surface area contributed by atoms with Gasteiger partial charge in [-0.3, -0.25) is 0 Å². The highest BCUT2D eigenvalue weighted by atomic mass is 19.3. The summed E-state index contributed by atoms with van der Waals surface area (Å²) < 4.78 is 25.3. The van der Waals surface area contributed by atoms with Crippen molar-refractivity contribution in [1.82, 2.24) is 0 Å². The van der Waals surface area contributed by atoms with E-state index in [1.54, 1.807) is 0 Å². The van der Waals surface area contributed by atoms with Gasteiger partial charge in [-0.2, -0.15) is 0 Å². The van der Waals surface area contributed by atoms with Crippen LogP contribution in [-0.4, -0.2) is 18.1 Å². The van der Waals surface area contributed by atoms with Gasteiger partial charge in [-0.05, 0) is 24.7 Å². The fourth-order valence-corrected chi connectivity index (χ4v) is 2.49. The molecule has 2 aliphatic carbocycles. The smallest absolute Gasteiger partial charge is 0.246 e. The van der Waals surface area contributed by atoms with E-state index in [4.69, 9.17) is 5.11 Å². The molecular weight excluding hydrogens is 162 g/mol. The third-order valence-electron chi connectivity index (χ3n) is 3.28. The Bertz CT molecular complexity index is 215. The lowest BCUT2D eigenvalue weighted by atomic mass is 9.77. The average Bonchev–Trinajstić information content (AvgIpc) is 2.62. The van der Waals surface area contributed by atoms with Crippen LogP contribution in [0.2, 0.25) is 0 Å². The molecular formula is C9H12F2O. The zero-order valence-electron chi connectivity index (χ0n) is 6.71. The number of allylic oxidation sites excluding steroid dienone is 2. The highest BCUT2D eigenvalue weighted by Gasteiger charge is 2.53. The second-order valence-electron chi connectivity index (χ2n) is 3.88. The Kier molecular flexibility index (Phi) is 1.72. The van der Waals surface area contributed by atoms with E-state index >= 15 is 0 Å². The van der Waals surface area contributed by atoms with Gasteiger partial charge in [0.15, 0.2) is 0 Å². The molecule has 68 valence electrons. The summed E-state index contributed by atoms with van der Waals surface area (Å²) in [6.07, 6.45) is 2.73. The Morgan fingerprint density at radius 2 is 2.25 bits per heavy atom. The molecule has 0 spiro atoms. The van der Waals surface area contributed by atoms with E-state index in [0.717, 1.165) is 6.42 Å². The van der Waals surface area contributed by atoms with Gasteiger partial charge in [-0.15, -0.1) is 0 Å². The van der Waals surface area contributed by atoms with Crippen molar-refractivity contribution in [3.05, 3.63) is 12.2 Å². The highest BCUT2D eigenvalue weighted by molar-refractivity contribution is 5.16. The molecule has 0 aromatic heterocycles. The van der Waals surface area contributed by atoms with Crippen molar-refractivity contribution >= 4 is 0 Å². The molecule has 0 amide bonds.